The minimum Gasteiger partial charge on any atom is -0.508 e. The van der Waals surface area contributed by atoms with Crippen LogP contribution >= 0.6 is 11.3 Å². The first-order valence-electron chi connectivity index (χ1n) is 4.04. The Morgan fingerprint density at radius 2 is 2.07 bits per heavy atom. The molecule has 2 N–H and O–H groups in total. The second kappa shape index (κ2) is 2.99. The SMILES string of the molecule is Cc1cc(O)cc2cc(C(=O)O)sc12. The summed E-state index contributed by atoms with van der Waals surface area (Å²) in [6.45, 7) is 1.85. The molecule has 0 saturated carbocycles. The van der Waals surface area contributed by atoms with Crippen molar-refractivity contribution in [3.8, 4) is 5.75 Å². The Kier molecular flexibility index (Phi) is 1.93. The van der Waals surface area contributed by atoms with Crippen LogP contribution in [0.3, 0.4) is 0 Å². The van der Waals surface area contributed by atoms with Gasteiger partial charge in [-0.25, -0.2) is 4.79 Å². The zero-order valence-electron chi connectivity index (χ0n) is 7.44. The van der Waals surface area contributed by atoms with E-state index in [-0.39, 0.29) is 5.75 Å². The van der Waals surface area contributed by atoms with E-state index in [0.717, 1.165) is 15.6 Å². The van der Waals surface area contributed by atoms with E-state index in [1.165, 1.54) is 11.3 Å². The fraction of sp³-hybridized carbons (Fsp3) is 0.100. The van der Waals surface area contributed by atoms with E-state index < -0.39 is 5.97 Å². The molecule has 0 saturated heterocycles. The first-order valence-corrected chi connectivity index (χ1v) is 4.86. The summed E-state index contributed by atoms with van der Waals surface area (Å²) in [5.41, 5.74) is 0.900. The molecule has 1 aromatic carbocycles. The number of rotatable bonds is 1. The predicted octanol–water partition coefficient (Wildman–Crippen LogP) is 2.61. The number of phenolic OH excluding ortho intramolecular Hbond substituents is 1. The number of benzene rings is 1. The lowest BCUT2D eigenvalue weighted by Crippen LogP contribution is -1.89. The van der Waals surface area contributed by atoms with Gasteiger partial charge in [-0.15, -0.1) is 11.3 Å². The highest BCUT2D eigenvalue weighted by Gasteiger charge is 2.10. The first-order chi connectivity index (χ1) is 6.58. The number of carboxylic acids is 1. The van der Waals surface area contributed by atoms with Crippen LogP contribution < -0.4 is 0 Å². The molecule has 0 spiro atoms. The monoisotopic (exact) mass is 208 g/mol. The molecule has 4 heteroatoms. The molecule has 14 heavy (non-hydrogen) atoms. The molecule has 1 heterocycles. The van der Waals surface area contributed by atoms with Crippen LogP contribution in [-0.4, -0.2) is 16.2 Å². The van der Waals surface area contributed by atoms with E-state index in [2.05, 4.69) is 0 Å². The van der Waals surface area contributed by atoms with Crippen LogP contribution in [0.1, 0.15) is 15.2 Å². The Bertz CT molecular complexity index is 513. The summed E-state index contributed by atoms with van der Waals surface area (Å²) in [4.78, 5) is 11.0. The Hall–Kier alpha value is -1.55. The summed E-state index contributed by atoms with van der Waals surface area (Å²) in [5, 5.41) is 18.9. The predicted molar refractivity (Wildman–Crippen MR) is 55.2 cm³/mol. The number of fused-ring (bicyclic) bond motifs is 1. The van der Waals surface area contributed by atoms with Gasteiger partial charge in [0.2, 0.25) is 0 Å². The van der Waals surface area contributed by atoms with Gasteiger partial charge in [0.1, 0.15) is 10.6 Å². The highest BCUT2D eigenvalue weighted by Crippen LogP contribution is 2.31. The molecule has 0 aliphatic heterocycles. The molecule has 0 aliphatic carbocycles. The molecule has 1 aromatic heterocycles. The van der Waals surface area contributed by atoms with Crippen molar-refractivity contribution in [2.75, 3.05) is 0 Å². The van der Waals surface area contributed by atoms with Gasteiger partial charge in [0, 0.05) is 4.70 Å². The molecule has 2 rings (SSSR count). The Labute approximate surface area is 84.2 Å². The van der Waals surface area contributed by atoms with Crippen molar-refractivity contribution < 1.29 is 15.0 Å². The van der Waals surface area contributed by atoms with E-state index in [1.54, 1.807) is 18.2 Å². The second-order valence-electron chi connectivity index (χ2n) is 3.10. The summed E-state index contributed by atoms with van der Waals surface area (Å²) in [6, 6.07) is 4.78. The summed E-state index contributed by atoms with van der Waals surface area (Å²) in [7, 11) is 0. The van der Waals surface area contributed by atoms with Gasteiger partial charge in [0.15, 0.2) is 0 Å². The minimum atomic E-state index is -0.926. The third kappa shape index (κ3) is 1.33. The molecule has 2 aromatic rings. The molecule has 0 amide bonds. The van der Waals surface area contributed by atoms with Gasteiger partial charge in [0.25, 0.3) is 0 Å². The molecular formula is C10H8O3S. The Morgan fingerprint density at radius 3 is 2.71 bits per heavy atom. The average Bonchev–Trinajstić information content (AvgIpc) is 2.47. The van der Waals surface area contributed by atoms with Crippen molar-refractivity contribution in [2.45, 2.75) is 6.92 Å². The molecule has 3 nitrogen and oxygen atoms in total. The van der Waals surface area contributed by atoms with Gasteiger partial charge >= 0.3 is 5.97 Å². The lowest BCUT2D eigenvalue weighted by Gasteiger charge is -1.96. The summed E-state index contributed by atoms with van der Waals surface area (Å²) >= 11 is 1.23. The topological polar surface area (TPSA) is 57.5 Å². The smallest absolute Gasteiger partial charge is 0.345 e. The lowest BCUT2D eigenvalue weighted by atomic mass is 10.2. The Balaban J connectivity index is 2.76. The summed E-state index contributed by atoms with van der Waals surface area (Å²) in [6.07, 6.45) is 0. The number of hydrogen-bond acceptors (Lipinski definition) is 3. The fourth-order valence-electron chi connectivity index (χ4n) is 1.41. The highest BCUT2D eigenvalue weighted by molar-refractivity contribution is 7.20. The van der Waals surface area contributed by atoms with Crippen molar-refractivity contribution in [1.82, 2.24) is 0 Å². The van der Waals surface area contributed by atoms with E-state index in [4.69, 9.17) is 5.11 Å². The lowest BCUT2D eigenvalue weighted by molar-refractivity contribution is 0.0702. The van der Waals surface area contributed by atoms with Crippen LogP contribution in [0.15, 0.2) is 18.2 Å². The van der Waals surface area contributed by atoms with Crippen LogP contribution in [-0.2, 0) is 0 Å². The molecule has 0 aliphatic rings. The standard InChI is InChI=1S/C10H8O3S/c1-5-2-7(11)3-6-4-8(10(12)13)14-9(5)6/h2-4,11H,1H3,(H,12,13). The third-order valence-corrected chi connectivity index (χ3v) is 3.27. The molecule has 0 bridgehead atoms. The van der Waals surface area contributed by atoms with Gasteiger partial charge < -0.3 is 10.2 Å². The van der Waals surface area contributed by atoms with E-state index in [9.17, 15) is 9.90 Å². The molecular weight excluding hydrogens is 200 g/mol. The quantitative estimate of drug-likeness (QED) is 0.757. The molecule has 72 valence electrons. The van der Waals surface area contributed by atoms with Gasteiger partial charge in [-0.2, -0.15) is 0 Å². The maximum atomic E-state index is 10.7. The number of aryl methyl sites for hydroxylation is 1. The third-order valence-electron chi connectivity index (χ3n) is 2.00. The van der Waals surface area contributed by atoms with Crippen molar-refractivity contribution >= 4 is 27.4 Å². The number of hydrogen-bond donors (Lipinski definition) is 2. The van der Waals surface area contributed by atoms with Gasteiger partial charge in [0.05, 0.1) is 0 Å². The number of aromatic hydroxyl groups is 1. The maximum absolute atomic E-state index is 10.7. The first kappa shape index (κ1) is 9.02. The van der Waals surface area contributed by atoms with E-state index in [0.29, 0.717) is 4.88 Å². The van der Waals surface area contributed by atoms with E-state index in [1.807, 2.05) is 6.92 Å². The molecule has 0 atom stereocenters. The van der Waals surface area contributed by atoms with Crippen molar-refractivity contribution in [3.63, 3.8) is 0 Å². The van der Waals surface area contributed by atoms with E-state index >= 15 is 0 Å². The fourth-order valence-corrected chi connectivity index (χ4v) is 2.36. The normalized spacial score (nSPS) is 10.6. The molecule has 0 radical (unpaired) electrons. The van der Waals surface area contributed by atoms with Crippen LogP contribution in [0.2, 0.25) is 0 Å². The number of phenols is 1. The largest absolute Gasteiger partial charge is 0.508 e. The van der Waals surface area contributed by atoms with Crippen LogP contribution in [0.25, 0.3) is 10.1 Å². The second-order valence-corrected chi connectivity index (χ2v) is 4.15. The van der Waals surface area contributed by atoms with Crippen LogP contribution in [0.5, 0.6) is 5.75 Å². The Morgan fingerprint density at radius 1 is 1.36 bits per heavy atom. The average molecular weight is 208 g/mol. The number of thiophene rings is 1. The van der Waals surface area contributed by atoms with Crippen molar-refractivity contribution in [2.24, 2.45) is 0 Å². The number of carboxylic acid groups (broad SMARTS) is 1. The van der Waals surface area contributed by atoms with Gasteiger partial charge in [-0.1, -0.05) is 0 Å². The number of carbonyl (C=O) groups is 1. The van der Waals surface area contributed by atoms with Gasteiger partial charge in [-0.3, -0.25) is 0 Å². The molecule has 0 unspecified atom stereocenters. The summed E-state index contributed by atoms with van der Waals surface area (Å²) in [5.74, 6) is -0.755. The number of aromatic carboxylic acids is 1. The summed E-state index contributed by atoms with van der Waals surface area (Å²) < 4.78 is 0.917. The highest BCUT2D eigenvalue weighted by atomic mass is 32.1. The van der Waals surface area contributed by atoms with Crippen molar-refractivity contribution in [1.29, 1.82) is 0 Å². The minimum absolute atomic E-state index is 0.171. The van der Waals surface area contributed by atoms with Crippen LogP contribution in [0.4, 0.5) is 0 Å². The molecule has 0 fully saturated rings. The van der Waals surface area contributed by atoms with Crippen molar-refractivity contribution in [3.05, 3.63) is 28.6 Å². The zero-order valence-corrected chi connectivity index (χ0v) is 8.26. The maximum Gasteiger partial charge on any atom is 0.345 e. The zero-order chi connectivity index (χ0) is 10.3. The van der Waals surface area contributed by atoms with Crippen LogP contribution in [0, 0.1) is 6.92 Å². The van der Waals surface area contributed by atoms with Gasteiger partial charge in [-0.05, 0) is 36.1 Å².